The Hall–Kier alpha value is -2.87. The number of carbonyl (C=O) groups excluding carboxylic acids is 2. The molecule has 5 rings (SSSR count). The molecule has 1 aliphatic carbocycles. The molecule has 1 saturated heterocycles. The maximum Gasteiger partial charge on any atom is 0.317 e. The van der Waals surface area contributed by atoms with Crippen molar-refractivity contribution in [3.8, 4) is 0 Å². The summed E-state index contributed by atoms with van der Waals surface area (Å²) in [4.78, 5) is 31.1. The van der Waals surface area contributed by atoms with E-state index in [0.717, 1.165) is 23.1 Å². The maximum absolute atomic E-state index is 14.4. The van der Waals surface area contributed by atoms with Gasteiger partial charge in [0.15, 0.2) is 0 Å². The Morgan fingerprint density at radius 1 is 1.12 bits per heavy atom. The third-order valence-corrected chi connectivity index (χ3v) is 8.07. The Bertz CT molecular complexity index is 1180. The summed E-state index contributed by atoms with van der Waals surface area (Å²) < 4.78 is 16.3. The first kappa shape index (κ1) is 22.9. The molecule has 3 aromatic rings. The summed E-state index contributed by atoms with van der Waals surface area (Å²) in [7, 11) is 0. The van der Waals surface area contributed by atoms with Gasteiger partial charge >= 0.3 is 6.03 Å². The molecule has 0 spiro atoms. The van der Waals surface area contributed by atoms with Gasteiger partial charge in [-0.05, 0) is 43.3 Å². The standard InChI is InChI=1S/C26H31FN4O2S/c1-18-16-29(12-13-30(18)26(33)28-21-8-3-2-4-9-21)24(32)23-15-19-11-14-34-25(19)31(23)17-20-7-5-6-10-22(20)27/h5-7,10-11,14-15,18,21H,2-4,8-9,12-13,16-17H2,1H3,(H,28,33). The van der Waals surface area contributed by atoms with Crippen molar-refractivity contribution in [3.05, 3.63) is 58.9 Å². The van der Waals surface area contributed by atoms with Crippen LogP contribution in [0.1, 0.15) is 55.1 Å². The van der Waals surface area contributed by atoms with Gasteiger partial charge in [-0.25, -0.2) is 9.18 Å². The molecular formula is C26H31FN4O2S. The molecule has 3 amide bonds. The summed E-state index contributed by atoms with van der Waals surface area (Å²) in [6, 6.07) is 10.8. The monoisotopic (exact) mass is 482 g/mol. The Labute approximate surface area is 203 Å². The van der Waals surface area contributed by atoms with Crippen LogP contribution >= 0.6 is 11.3 Å². The zero-order valence-corrected chi connectivity index (χ0v) is 20.3. The summed E-state index contributed by atoms with van der Waals surface area (Å²) in [6.45, 7) is 3.77. The first-order valence-electron chi connectivity index (χ1n) is 12.2. The fourth-order valence-electron chi connectivity index (χ4n) is 5.22. The molecule has 6 nitrogen and oxygen atoms in total. The van der Waals surface area contributed by atoms with Crippen molar-refractivity contribution in [1.82, 2.24) is 19.7 Å². The quantitative estimate of drug-likeness (QED) is 0.564. The highest BCUT2D eigenvalue weighted by Gasteiger charge is 2.32. The van der Waals surface area contributed by atoms with Crippen LogP contribution < -0.4 is 5.32 Å². The molecule has 8 heteroatoms. The summed E-state index contributed by atoms with van der Waals surface area (Å²) in [5.41, 5.74) is 1.12. The molecule has 0 bridgehead atoms. The van der Waals surface area contributed by atoms with Gasteiger partial charge in [-0.1, -0.05) is 37.5 Å². The van der Waals surface area contributed by atoms with E-state index in [0.29, 0.717) is 37.4 Å². The van der Waals surface area contributed by atoms with Crippen molar-refractivity contribution >= 4 is 33.5 Å². The number of nitrogens with one attached hydrogen (secondary N) is 1. The average molecular weight is 483 g/mol. The van der Waals surface area contributed by atoms with Crippen LogP contribution in [0.15, 0.2) is 41.8 Å². The fourth-order valence-corrected chi connectivity index (χ4v) is 6.11. The number of urea groups is 1. The summed E-state index contributed by atoms with van der Waals surface area (Å²) >= 11 is 1.55. The van der Waals surface area contributed by atoms with E-state index in [-0.39, 0.29) is 29.8 Å². The van der Waals surface area contributed by atoms with Crippen LogP contribution in [0.4, 0.5) is 9.18 Å². The van der Waals surface area contributed by atoms with Crippen molar-refractivity contribution in [2.24, 2.45) is 0 Å². The first-order chi connectivity index (χ1) is 16.5. The molecule has 0 radical (unpaired) electrons. The maximum atomic E-state index is 14.4. The zero-order valence-electron chi connectivity index (χ0n) is 19.5. The number of fused-ring (bicyclic) bond motifs is 1. The molecule has 1 N–H and O–H groups in total. The second kappa shape index (κ2) is 9.78. The van der Waals surface area contributed by atoms with Gasteiger partial charge < -0.3 is 19.7 Å². The van der Waals surface area contributed by atoms with Gasteiger partial charge in [0.05, 0.1) is 6.54 Å². The largest absolute Gasteiger partial charge is 0.335 e. The normalized spacial score (nSPS) is 19.5. The summed E-state index contributed by atoms with van der Waals surface area (Å²) in [5.74, 6) is -0.343. The van der Waals surface area contributed by atoms with Gasteiger partial charge in [-0.3, -0.25) is 4.79 Å². The average Bonchev–Trinajstić information content (AvgIpc) is 3.43. The van der Waals surface area contributed by atoms with Crippen LogP contribution in [0, 0.1) is 5.82 Å². The second-order valence-electron chi connectivity index (χ2n) is 9.47. The molecular weight excluding hydrogens is 451 g/mol. The highest BCUT2D eigenvalue weighted by Crippen LogP contribution is 2.28. The molecule has 34 heavy (non-hydrogen) atoms. The number of benzene rings is 1. The lowest BCUT2D eigenvalue weighted by atomic mass is 9.96. The molecule has 2 aliphatic rings. The van der Waals surface area contributed by atoms with Crippen LogP contribution in [-0.4, -0.2) is 58.0 Å². The van der Waals surface area contributed by atoms with Gasteiger partial charge in [0.2, 0.25) is 0 Å². The molecule has 180 valence electrons. The third-order valence-electron chi connectivity index (χ3n) is 7.12. The number of thiophene rings is 1. The van der Waals surface area contributed by atoms with Crippen LogP contribution in [0.2, 0.25) is 0 Å². The van der Waals surface area contributed by atoms with E-state index in [9.17, 15) is 14.0 Å². The molecule has 2 fully saturated rings. The van der Waals surface area contributed by atoms with Crippen LogP contribution in [0.5, 0.6) is 0 Å². The van der Waals surface area contributed by atoms with E-state index in [2.05, 4.69) is 5.32 Å². The minimum atomic E-state index is -0.273. The van der Waals surface area contributed by atoms with Gasteiger partial charge in [-0.2, -0.15) is 0 Å². The number of hydrogen-bond donors (Lipinski definition) is 1. The molecule has 1 atom stereocenters. The lowest BCUT2D eigenvalue weighted by Crippen LogP contribution is -2.58. The zero-order chi connectivity index (χ0) is 23.7. The van der Waals surface area contributed by atoms with E-state index in [4.69, 9.17) is 0 Å². The first-order valence-corrected chi connectivity index (χ1v) is 13.1. The predicted octanol–water partition coefficient (Wildman–Crippen LogP) is 5.08. The lowest BCUT2D eigenvalue weighted by molar-refractivity contribution is 0.0566. The van der Waals surface area contributed by atoms with E-state index >= 15 is 0 Å². The van der Waals surface area contributed by atoms with Crippen molar-refractivity contribution < 1.29 is 14.0 Å². The Morgan fingerprint density at radius 2 is 1.91 bits per heavy atom. The summed E-state index contributed by atoms with van der Waals surface area (Å²) in [6.07, 6.45) is 5.70. The number of aromatic nitrogens is 1. The number of rotatable bonds is 4. The van der Waals surface area contributed by atoms with Crippen LogP contribution in [-0.2, 0) is 6.54 Å². The number of carbonyl (C=O) groups is 2. The number of amides is 3. The molecule has 2 aromatic heterocycles. The van der Waals surface area contributed by atoms with Gasteiger partial charge in [0, 0.05) is 42.7 Å². The third kappa shape index (κ3) is 4.56. The van der Waals surface area contributed by atoms with E-state index in [1.807, 2.05) is 44.9 Å². The van der Waals surface area contributed by atoms with Crippen LogP contribution in [0.25, 0.3) is 10.2 Å². The molecule has 1 unspecified atom stereocenters. The highest BCUT2D eigenvalue weighted by molar-refractivity contribution is 7.16. The number of nitrogens with zero attached hydrogens (tertiary/aromatic N) is 3. The highest BCUT2D eigenvalue weighted by atomic mass is 32.1. The van der Waals surface area contributed by atoms with E-state index < -0.39 is 0 Å². The predicted molar refractivity (Wildman–Crippen MR) is 133 cm³/mol. The van der Waals surface area contributed by atoms with Crippen LogP contribution in [0.3, 0.4) is 0 Å². The van der Waals surface area contributed by atoms with E-state index in [1.54, 1.807) is 23.5 Å². The van der Waals surface area contributed by atoms with Gasteiger partial charge in [0.25, 0.3) is 5.91 Å². The second-order valence-corrected chi connectivity index (χ2v) is 10.4. The molecule has 3 heterocycles. The Balaban J connectivity index is 1.30. The van der Waals surface area contributed by atoms with Crippen molar-refractivity contribution in [1.29, 1.82) is 0 Å². The Kier molecular flexibility index (Phi) is 6.59. The van der Waals surface area contributed by atoms with Crippen molar-refractivity contribution in [2.45, 2.75) is 57.7 Å². The number of piperazine rings is 1. The number of hydrogen-bond acceptors (Lipinski definition) is 3. The van der Waals surface area contributed by atoms with E-state index in [1.165, 1.54) is 25.3 Å². The Morgan fingerprint density at radius 3 is 2.68 bits per heavy atom. The van der Waals surface area contributed by atoms with Gasteiger partial charge in [0.1, 0.15) is 16.3 Å². The van der Waals surface area contributed by atoms with Gasteiger partial charge in [-0.15, -0.1) is 11.3 Å². The molecule has 1 aromatic carbocycles. The molecule has 1 saturated carbocycles. The summed E-state index contributed by atoms with van der Waals surface area (Å²) in [5, 5.41) is 6.17. The van der Waals surface area contributed by atoms with Crippen molar-refractivity contribution in [2.75, 3.05) is 19.6 Å². The SMILES string of the molecule is CC1CN(C(=O)c2cc3ccsc3n2Cc2ccccc2F)CCN1C(=O)NC1CCCCC1. The minimum Gasteiger partial charge on any atom is -0.335 e. The van der Waals surface area contributed by atoms with Crippen molar-refractivity contribution in [3.63, 3.8) is 0 Å². The molecule has 1 aliphatic heterocycles. The topological polar surface area (TPSA) is 57.6 Å². The number of halogens is 1. The smallest absolute Gasteiger partial charge is 0.317 e. The minimum absolute atomic E-state index is 0.0186. The lowest BCUT2D eigenvalue weighted by Gasteiger charge is -2.40. The fraction of sp³-hybridized carbons (Fsp3) is 0.462.